The van der Waals surface area contributed by atoms with Crippen molar-refractivity contribution in [3.63, 3.8) is 0 Å². The minimum absolute atomic E-state index is 0.153. The maximum Gasteiger partial charge on any atom is 0.308 e. The van der Waals surface area contributed by atoms with Gasteiger partial charge < -0.3 is 14.8 Å². The molecule has 0 saturated carbocycles. The molecule has 0 aromatic heterocycles. The summed E-state index contributed by atoms with van der Waals surface area (Å²) in [5.41, 5.74) is 1.54. The molecule has 0 fully saturated rings. The quantitative estimate of drug-likeness (QED) is 0.812. The fourth-order valence-corrected chi connectivity index (χ4v) is 1.88. The number of ether oxygens (including phenoxy) is 2. The van der Waals surface area contributed by atoms with E-state index in [-0.39, 0.29) is 17.8 Å². The van der Waals surface area contributed by atoms with Gasteiger partial charge in [-0.15, -0.1) is 0 Å². The summed E-state index contributed by atoms with van der Waals surface area (Å²) in [7, 11) is 1.58. The first-order valence-corrected chi connectivity index (χ1v) is 6.59. The molecule has 20 heavy (non-hydrogen) atoms. The summed E-state index contributed by atoms with van der Waals surface area (Å²) in [6.07, 6.45) is 0.478. The molecule has 1 N–H and O–H groups in total. The number of nitrogens with one attached hydrogen (secondary N) is 1. The van der Waals surface area contributed by atoms with Gasteiger partial charge in [0.2, 0.25) is 5.91 Å². The van der Waals surface area contributed by atoms with E-state index in [1.807, 2.05) is 6.07 Å². The lowest BCUT2D eigenvalue weighted by atomic mass is 9.99. The van der Waals surface area contributed by atoms with E-state index in [1.165, 1.54) is 6.92 Å². The molecule has 0 saturated heterocycles. The van der Waals surface area contributed by atoms with Crippen LogP contribution in [0.25, 0.3) is 0 Å². The van der Waals surface area contributed by atoms with Crippen LogP contribution in [-0.2, 0) is 20.7 Å². The summed E-state index contributed by atoms with van der Waals surface area (Å²) in [6, 6.07) is 5.36. The Balaban J connectivity index is 2.94. The Morgan fingerprint density at radius 1 is 1.35 bits per heavy atom. The molecule has 1 rings (SSSR count). The lowest BCUT2D eigenvalue weighted by Gasteiger charge is -2.15. The predicted molar refractivity (Wildman–Crippen MR) is 76.8 cm³/mol. The molecule has 0 heterocycles. The van der Waals surface area contributed by atoms with E-state index in [4.69, 9.17) is 9.47 Å². The van der Waals surface area contributed by atoms with Crippen LogP contribution in [0.1, 0.15) is 26.3 Å². The number of hydrogen-bond donors (Lipinski definition) is 1. The van der Waals surface area contributed by atoms with Gasteiger partial charge in [-0.3, -0.25) is 9.59 Å². The first kappa shape index (κ1) is 16.0. The first-order chi connectivity index (χ1) is 9.47. The molecule has 5 nitrogen and oxygen atoms in total. The number of anilines is 1. The maximum absolute atomic E-state index is 11.7. The molecular formula is C15H21NO4. The number of hydrogen-bond acceptors (Lipinski definition) is 4. The summed E-state index contributed by atoms with van der Waals surface area (Å²) in [5.74, 6) is 0.00373. The van der Waals surface area contributed by atoms with Gasteiger partial charge in [0.25, 0.3) is 0 Å². The number of carbonyl (C=O) groups is 2. The van der Waals surface area contributed by atoms with Gasteiger partial charge in [-0.2, -0.15) is 0 Å². The lowest BCUT2D eigenvalue weighted by molar-refractivity contribution is -0.147. The minimum atomic E-state index is -0.283. The Morgan fingerprint density at radius 2 is 2.05 bits per heavy atom. The van der Waals surface area contributed by atoms with Gasteiger partial charge in [0.15, 0.2) is 0 Å². The molecule has 0 spiro atoms. The van der Waals surface area contributed by atoms with E-state index in [9.17, 15) is 9.59 Å². The molecule has 1 amide bonds. The van der Waals surface area contributed by atoms with Gasteiger partial charge >= 0.3 is 5.97 Å². The highest BCUT2D eigenvalue weighted by Gasteiger charge is 2.17. The van der Waals surface area contributed by atoms with Crippen molar-refractivity contribution >= 4 is 17.6 Å². The van der Waals surface area contributed by atoms with Crippen LogP contribution in [0.2, 0.25) is 0 Å². The smallest absolute Gasteiger partial charge is 0.308 e. The van der Waals surface area contributed by atoms with Crippen LogP contribution in [0.15, 0.2) is 18.2 Å². The van der Waals surface area contributed by atoms with Gasteiger partial charge in [0.1, 0.15) is 5.75 Å². The van der Waals surface area contributed by atoms with Crippen LogP contribution in [0.4, 0.5) is 5.69 Å². The molecule has 0 aliphatic heterocycles. The van der Waals surface area contributed by atoms with Gasteiger partial charge in [-0.25, -0.2) is 0 Å². The third kappa shape index (κ3) is 4.57. The summed E-state index contributed by atoms with van der Waals surface area (Å²) in [4.78, 5) is 22.9. The summed E-state index contributed by atoms with van der Waals surface area (Å²) in [5, 5.41) is 2.75. The zero-order valence-corrected chi connectivity index (χ0v) is 12.4. The van der Waals surface area contributed by atoms with Gasteiger partial charge in [0.05, 0.1) is 19.6 Å². The Kier molecular flexibility index (Phi) is 6.03. The fraction of sp³-hybridized carbons (Fsp3) is 0.467. The average Bonchev–Trinajstić information content (AvgIpc) is 2.40. The Hall–Kier alpha value is -2.04. The number of amides is 1. The molecule has 0 aliphatic carbocycles. The van der Waals surface area contributed by atoms with Gasteiger partial charge in [-0.05, 0) is 37.1 Å². The van der Waals surface area contributed by atoms with E-state index < -0.39 is 0 Å². The Bertz CT molecular complexity index is 485. The highest BCUT2D eigenvalue weighted by atomic mass is 16.5. The Morgan fingerprint density at radius 3 is 2.60 bits per heavy atom. The Labute approximate surface area is 119 Å². The van der Waals surface area contributed by atoms with Crippen LogP contribution >= 0.6 is 0 Å². The third-order valence-corrected chi connectivity index (χ3v) is 2.84. The van der Waals surface area contributed by atoms with Crippen LogP contribution in [0.5, 0.6) is 5.75 Å². The fourth-order valence-electron chi connectivity index (χ4n) is 1.88. The summed E-state index contributed by atoms with van der Waals surface area (Å²) >= 11 is 0. The van der Waals surface area contributed by atoms with Crippen LogP contribution in [0.3, 0.4) is 0 Å². The van der Waals surface area contributed by atoms with Crippen molar-refractivity contribution in [1.29, 1.82) is 0 Å². The molecule has 5 heteroatoms. The van der Waals surface area contributed by atoms with Gasteiger partial charge in [-0.1, -0.05) is 6.92 Å². The second-order valence-corrected chi connectivity index (χ2v) is 4.56. The maximum atomic E-state index is 11.7. The van der Waals surface area contributed by atoms with E-state index in [2.05, 4.69) is 5.32 Å². The van der Waals surface area contributed by atoms with Crippen LogP contribution in [-0.4, -0.2) is 25.6 Å². The third-order valence-electron chi connectivity index (χ3n) is 2.84. The van der Waals surface area contributed by atoms with Crippen molar-refractivity contribution < 1.29 is 19.1 Å². The molecule has 1 unspecified atom stereocenters. The van der Waals surface area contributed by atoms with Crippen molar-refractivity contribution in [3.05, 3.63) is 23.8 Å². The van der Waals surface area contributed by atoms with E-state index in [1.54, 1.807) is 33.1 Å². The van der Waals surface area contributed by atoms with Crippen molar-refractivity contribution in [2.75, 3.05) is 19.0 Å². The van der Waals surface area contributed by atoms with Crippen molar-refractivity contribution in [1.82, 2.24) is 0 Å². The van der Waals surface area contributed by atoms with Crippen molar-refractivity contribution in [2.24, 2.45) is 5.92 Å². The van der Waals surface area contributed by atoms with E-state index in [0.29, 0.717) is 24.5 Å². The number of esters is 1. The number of benzene rings is 1. The first-order valence-electron chi connectivity index (χ1n) is 6.59. The number of carbonyl (C=O) groups excluding carboxylic acids is 2. The minimum Gasteiger partial charge on any atom is -0.497 e. The second kappa shape index (κ2) is 7.53. The second-order valence-electron chi connectivity index (χ2n) is 4.56. The monoisotopic (exact) mass is 279 g/mol. The van der Waals surface area contributed by atoms with E-state index in [0.717, 1.165) is 5.56 Å². The topological polar surface area (TPSA) is 64.6 Å². The zero-order valence-electron chi connectivity index (χ0n) is 12.4. The normalized spacial score (nSPS) is 11.6. The standard InChI is InChI=1S/C15H21NO4/c1-5-20-15(18)10(2)8-12-9-13(19-4)6-7-14(12)16-11(3)17/h6-7,9-10H,5,8H2,1-4H3,(H,16,17). The predicted octanol–water partition coefficient (Wildman–Crippen LogP) is 2.40. The highest BCUT2D eigenvalue weighted by molar-refractivity contribution is 5.89. The lowest BCUT2D eigenvalue weighted by Crippen LogP contribution is -2.18. The highest BCUT2D eigenvalue weighted by Crippen LogP contribution is 2.25. The molecular weight excluding hydrogens is 258 g/mol. The number of methoxy groups -OCH3 is 1. The average molecular weight is 279 g/mol. The molecule has 110 valence electrons. The van der Waals surface area contributed by atoms with Crippen molar-refractivity contribution in [3.8, 4) is 5.75 Å². The SMILES string of the molecule is CCOC(=O)C(C)Cc1cc(OC)ccc1NC(C)=O. The van der Waals surface area contributed by atoms with E-state index >= 15 is 0 Å². The van der Waals surface area contributed by atoms with Crippen LogP contribution < -0.4 is 10.1 Å². The number of rotatable bonds is 6. The van der Waals surface area contributed by atoms with Gasteiger partial charge in [0, 0.05) is 12.6 Å². The molecule has 0 radical (unpaired) electrons. The molecule has 0 aliphatic rings. The zero-order chi connectivity index (χ0) is 15.1. The van der Waals surface area contributed by atoms with Crippen LogP contribution in [0, 0.1) is 5.92 Å². The summed E-state index contributed by atoms with van der Waals surface area (Å²) in [6.45, 7) is 5.39. The molecule has 1 aromatic rings. The molecule has 1 atom stereocenters. The van der Waals surface area contributed by atoms with Crippen molar-refractivity contribution in [2.45, 2.75) is 27.2 Å². The summed E-state index contributed by atoms with van der Waals surface area (Å²) < 4.78 is 10.2. The molecule has 0 bridgehead atoms. The largest absolute Gasteiger partial charge is 0.497 e. The molecule has 1 aromatic carbocycles.